The van der Waals surface area contributed by atoms with Gasteiger partial charge in [0.2, 0.25) is 5.75 Å². The van der Waals surface area contributed by atoms with Crippen molar-refractivity contribution in [1.29, 1.82) is 0 Å². The van der Waals surface area contributed by atoms with E-state index in [0.29, 0.717) is 5.75 Å². The average molecular weight is 279 g/mol. The molecule has 1 aromatic carbocycles. The fraction of sp³-hybridized carbons (Fsp3) is 0.500. The molecule has 0 radical (unpaired) electrons. The van der Waals surface area contributed by atoms with Gasteiger partial charge in [-0.05, 0) is 12.1 Å². The van der Waals surface area contributed by atoms with Crippen molar-refractivity contribution in [2.75, 3.05) is 21.3 Å². The number of alkyl halides is 3. The Labute approximate surface area is 109 Å². The first-order chi connectivity index (χ1) is 8.84. The van der Waals surface area contributed by atoms with E-state index < -0.39 is 18.6 Å². The number of nitrogens with two attached hydrogens (primary N) is 1. The average Bonchev–Trinajstić information content (AvgIpc) is 2.34. The molecule has 1 aromatic rings. The first kappa shape index (κ1) is 15.4. The highest BCUT2D eigenvalue weighted by molar-refractivity contribution is 5.56. The first-order valence-corrected chi connectivity index (χ1v) is 5.45. The van der Waals surface area contributed by atoms with Crippen molar-refractivity contribution < 1.29 is 27.4 Å². The molecular weight excluding hydrogens is 263 g/mol. The van der Waals surface area contributed by atoms with E-state index in [1.165, 1.54) is 33.5 Å². The zero-order chi connectivity index (χ0) is 14.6. The monoisotopic (exact) mass is 279 g/mol. The Morgan fingerprint density at radius 1 is 1.05 bits per heavy atom. The van der Waals surface area contributed by atoms with E-state index in [-0.39, 0.29) is 17.1 Å². The van der Waals surface area contributed by atoms with Crippen LogP contribution in [0.15, 0.2) is 12.1 Å². The van der Waals surface area contributed by atoms with E-state index in [4.69, 9.17) is 19.9 Å². The molecule has 0 spiro atoms. The predicted molar refractivity (Wildman–Crippen MR) is 63.7 cm³/mol. The quantitative estimate of drug-likeness (QED) is 0.900. The van der Waals surface area contributed by atoms with Crippen LogP contribution in [0.1, 0.15) is 18.0 Å². The minimum absolute atomic E-state index is 0.151. The summed E-state index contributed by atoms with van der Waals surface area (Å²) in [6.07, 6.45) is -5.49. The minimum Gasteiger partial charge on any atom is -0.493 e. The van der Waals surface area contributed by atoms with Crippen LogP contribution in [0, 0.1) is 0 Å². The van der Waals surface area contributed by atoms with E-state index >= 15 is 0 Å². The molecule has 1 rings (SSSR count). The fourth-order valence-corrected chi connectivity index (χ4v) is 1.78. The van der Waals surface area contributed by atoms with Crippen molar-refractivity contribution in [3.05, 3.63) is 17.7 Å². The topological polar surface area (TPSA) is 53.7 Å². The molecule has 108 valence electrons. The van der Waals surface area contributed by atoms with Crippen LogP contribution in [0.3, 0.4) is 0 Å². The van der Waals surface area contributed by atoms with Crippen LogP contribution in [0.2, 0.25) is 0 Å². The molecular formula is C12H16F3NO3. The summed E-state index contributed by atoms with van der Waals surface area (Å²) in [7, 11) is 4.13. The van der Waals surface area contributed by atoms with Crippen molar-refractivity contribution in [3.8, 4) is 17.2 Å². The first-order valence-electron chi connectivity index (χ1n) is 5.45. The van der Waals surface area contributed by atoms with Crippen LogP contribution in [0.4, 0.5) is 13.2 Å². The molecule has 0 heterocycles. The predicted octanol–water partition coefficient (Wildman–Crippen LogP) is 2.66. The summed E-state index contributed by atoms with van der Waals surface area (Å²) in [5.41, 5.74) is 5.80. The van der Waals surface area contributed by atoms with Crippen molar-refractivity contribution in [1.82, 2.24) is 0 Å². The lowest BCUT2D eigenvalue weighted by molar-refractivity contribution is -0.138. The Morgan fingerprint density at radius 3 is 2.05 bits per heavy atom. The molecule has 0 aromatic heterocycles. The van der Waals surface area contributed by atoms with E-state index in [1.807, 2.05) is 0 Å². The van der Waals surface area contributed by atoms with E-state index in [1.54, 1.807) is 0 Å². The van der Waals surface area contributed by atoms with Gasteiger partial charge in [0, 0.05) is 11.6 Å². The van der Waals surface area contributed by atoms with Gasteiger partial charge < -0.3 is 19.9 Å². The van der Waals surface area contributed by atoms with Crippen molar-refractivity contribution in [3.63, 3.8) is 0 Å². The maximum Gasteiger partial charge on any atom is 0.390 e. The number of hydrogen-bond donors (Lipinski definition) is 1. The molecule has 0 aliphatic heterocycles. The number of halogens is 3. The molecule has 0 unspecified atom stereocenters. The smallest absolute Gasteiger partial charge is 0.390 e. The zero-order valence-corrected chi connectivity index (χ0v) is 10.9. The van der Waals surface area contributed by atoms with E-state index in [2.05, 4.69) is 0 Å². The summed E-state index contributed by atoms with van der Waals surface area (Å²) >= 11 is 0. The standard InChI is InChI=1S/C12H16F3NO3/c1-17-9-5-4-7(8(16)6-12(13,14)15)10(18-2)11(9)19-3/h4-5,8H,6,16H2,1-3H3/t8-/m0/s1. The third-order valence-electron chi connectivity index (χ3n) is 2.59. The van der Waals surface area contributed by atoms with Gasteiger partial charge in [0.25, 0.3) is 0 Å². The van der Waals surface area contributed by atoms with Crippen LogP contribution >= 0.6 is 0 Å². The maximum absolute atomic E-state index is 12.4. The molecule has 4 nitrogen and oxygen atoms in total. The highest BCUT2D eigenvalue weighted by Gasteiger charge is 2.33. The molecule has 1 atom stereocenters. The Bertz CT molecular complexity index is 435. The molecule has 0 amide bonds. The van der Waals surface area contributed by atoms with Gasteiger partial charge in [-0.15, -0.1) is 0 Å². The van der Waals surface area contributed by atoms with E-state index in [9.17, 15) is 13.2 Å². The van der Waals surface area contributed by atoms with Crippen LogP contribution in [-0.4, -0.2) is 27.5 Å². The van der Waals surface area contributed by atoms with Gasteiger partial charge in [-0.25, -0.2) is 0 Å². The largest absolute Gasteiger partial charge is 0.493 e. The number of ether oxygens (including phenoxy) is 3. The van der Waals surface area contributed by atoms with Gasteiger partial charge in [-0.1, -0.05) is 0 Å². The summed E-state index contributed by atoms with van der Waals surface area (Å²) < 4.78 is 52.4. The van der Waals surface area contributed by atoms with Gasteiger partial charge in [0.05, 0.1) is 27.8 Å². The van der Waals surface area contributed by atoms with Gasteiger partial charge in [-0.2, -0.15) is 13.2 Å². The van der Waals surface area contributed by atoms with Gasteiger partial charge in [0.1, 0.15) is 0 Å². The summed E-state index contributed by atoms with van der Waals surface area (Å²) in [4.78, 5) is 0. The summed E-state index contributed by atoms with van der Waals surface area (Å²) in [6.45, 7) is 0. The van der Waals surface area contributed by atoms with E-state index in [0.717, 1.165) is 0 Å². The molecule has 0 saturated heterocycles. The second-order valence-corrected chi connectivity index (χ2v) is 3.85. The Balaban J connectivity index is 3.21. The summed E-state index contributed by atoms with van der Waals surface area (Å²) in [5.74, 6) is 0.737. The van der Waals surface area contributed by atoms with Crippen molar-refractivity contribution in [2.45, 2.75) is 18.6 Å². The second kappa shape index (κ2) is 6.01. The number of rotatable bonds is 5. The lowest BCUT2D eigenvalue weighted by Gasteiger charge is -2.20. The SMILES string of the molecule is COc1ccc([C@@H](N)CC(F)(F)F)c(OC)c1OC. The van der Waals surface area contributed by atoms with Crippen molar-refractivity contribution in [2.24, 2.45) is 5.73 Å². The normalized spacial score (nSPS) is 13.0. The third-order valence-corrected chi connectivity index (χ3v) is 2.59. The Hall–Kier alpha value is -1.63. The molecule has 19 heavy (non-hydrogen) atoms. The third kappa shape index (κ3) is 3.66. The van der Waals surface area contributed by atoms with Gasteiger partial charge >= 0.3 is 6.18 Å². The summed E-state index contributed by atoms with van der Waals surface area (Å²) in [6, 6.07) is 1.71. The molecule has 2 N–H and O–H groups in total. The van der Waals surface area contributed by atoms with Crippen LogP contribution in [-0.2, 0) is 0 Å². The molecule has 0 saturated carbocycles. The maximum atomic E-state index is 12.4. The number of hydrogen-bond acceptors (Lipinski definition) is 4. The van der Waals surface area contributed by atoms with Crippen LogP contribution in [0.5, 0.6) is 17.2 Å². The fourth-order valence-electron chi connectivity index (χ4n) is 1.78. The molecule has 0 aliphatic rings. The van der Waals surface area contributed by atoms with Gasteiger partial charge in [-0.3, -0.25) is 0 Å². The lowest BCUT2D eigenvalue weighted by Crippen LogP contribution is -2.21. The van der Waals surface area contributed by atoms with Crippen molar-refractivity contribution >= 4 is 0 Å². The highest BCUT2D eigenvalue weighted by Crippen LogP contribution is 2.43. The van der Waals surface area contributed by atoms with Crippen LogP contribution in [0.25, 0.3) is 0 Å². The molecule has 0 aliphatic carbocycles. The molecule has 0 fully saturated rings. The Morgan fingerprint density at radius 2 is 1.63 bits per heavy atom. The zero-order valence-electron chi connectivity index (χ0n) is 10.9. The highest BCUT2D eigenvalue weighted by atomic mass is 19.4. The summed E-state index contributed by atoms with van der Waals surface area (Å²) in [5, 5.41) is 0. The molecule has 0 bridgehead atoms. The second-order valence-electron chi connectivity index (χ2n) is 3.85. The van der Waals surface area contributed by atoms with Gasteiger partial charge in [0.15, 0.2) is 11.5 Å². The lowest BCUT2D eigenvalue weighted by atomic mass is 10.0. The molecule has 7 heteroatoms. The van der Waals surface area contributed by atoms with Crippen LogP contribution < -0.4 is 19.9 Å². The number of benzene rings is 1. The number of methoxy groups -OCH3 is 3. The Kier molecular flexibility index (Phi) is 4.88. The minimum atomic E-state index is -4.35.